The van der Waals surface area contributed by atoms with Gasteiger partial charge < -0.3 is 19.9 Å². The van der Waals surface area contributed by atoms with Gasteiger partial charge in [-0.2, -0.15) is 0 Å². The first-order valence-electron chi connectivity index (χ1n) is 4.40. The van der Waals surface area contributed by atoms with Crippen LogP contribution in [0.2, 0.25) is 0 Å². The molecule has 0 aromatic rings. The van der Waals surface area contributed by atoms with Gasteiger partial charge in [0, 0.05) is 0 Å². The van der Waals surface area contributed by atoms with Crippen LogP contribution in [-0.4, -0.2) is 44.8 Å². The van der Waals surface area contributed by atoms with Crippen LogP contribution in [0, 0.1) is 0 Å². The molecule has 0 fully saturated rings. The van der Waals surface area contributed by atoms with E-state index < -0.39 is 36.3 Å². The lowest BCUT2D eigenvalue weighted by Gasteiger charge is -2.23. The Labute approximate surface area is 92.8 Å². The summed E-state index contributed by atoms with van der Waals surface area (Å²) in [5.41, 5.74) is 3.87. The smallest absolute Gasteiger partial charge is 0.327 e. The predicted octanol–water partition coefficient (Wildman–Crippen LogP) is -1.02. The second-order valence-corrected chi connectivity index (χ2v) is 3.15. The van der Waals surface area contributed by atoms with Gasteiger partial charge in [-0.3, -0.25) is 14.4 Å². The summed E-state index contributed by atoms with van der Waals surface area (Å²) in [7, 11) is 3.41. The number of hydrogen-bond acceptors (Lipinski definition) is 7. The van der Waals surface area contributed by atoms with E-state index in [9.17, 15) is 14.4 Å². The molecule has 0 aromatic carbocycles. The van der Waals surface area contributed by atoms with Crippen molar-refractivity contribution in [2.24, 2.45) is 5.73 Å². The van der Waals surface area contributed by atoms with Crippen LogP contribution in [0.3, 0.4) is 0 Å². The molecule has 0 radical (unpaired) electrons. The van der Waals surface area contributed by atoms with Gasteiger partial charge in [-0.15, -0.1) is 0 Å². The third-order valence-corrected chi connectivity index (χ3v) is 1.97. The molecule has 0 bridgehead atoms. The molecule has 0 atom stereocenters. The van der Waals surface area contributed by atoms with Gasteiger partial charge in [0.1, 0.15) is 5.54 Å². The molecule has 0 heterocycles. The van der Waals surface area contributed by atoms with E-state index in [-0.39, 0.29) is 0 Å². The number of methoxy groups -OCH3 is 3. The number of esters is 3. The zero-order valence-electron chi connectivity index (χ0n) is 9.44. The Hall–Kier alpha value is -1.63. The minimum Gasteiger partial charge on any atom is -0.469 e. The van der Waals surface area contributed by atoms with E-state index >= 15 is 0 Å². The lowest BCUT2D eigenvalue weighted by Crippen LogP contribution is -2.52. The van der Waals surface area contributed by atoms with E-state index in [1.165, 1.54) is 0 Å². The normalized spacial score (nSPS) is 10.5. The first-order chi connectivity index (χ1) is 7.39. The molecule has 2 N–H and O–H groups in total. The molecule has 0 aliphatic rings. The van der Waals surface area contributed by atoms with E-state index in [1.54, 1.807) is 0 Å². The van der Waals surface area contributed by atoms with Gasteiger partial charge in [0.15, 0.2) is 0 Å². The largest absolute Gasteiger partial charge is 0.469 e. The van der Waals surface area contributed by atoms with E-state index in [4.69, 9.17) is 5.73 Å². The van der Waals surface area contributed by atoms with Crippen molar-refractivity contribution >= 4 is 17.9 Å². The SMILES string of the molecule is COC(=O)CC(N)(CC(=O)OC)C(=O)OC. The molecule has 92 valence electrons. The molecule has 7 heteroatoms. The average Bonchev–Trinajstić information content (AvgIpc) is 2.27. The van der Waals surface area contributed by atoms with Crippen molar-refractivity contribution in [1.29, 1.82) is 0 Å². The molecule has 0 saturated heterocycles. The van der Waals surface area contributed by atoms with Gasteiger partial charge >= 0.3 is 17.9 Å². The molecular weight excluding hydrogens is 218 g/mol. The first-order valence-corrected chi connectivity index (χ1v) is 4.40. The Bertz CT molecular complexity index is 270. The number of carbonyl (C=O) groups is 3. The summed E-state index contributed by atoms with van der Waals surface area (Å²) >= 11 is 0. The van der Waals surface area contributed by atoms with Crippen LogP contribution >= 0.6 is 0 Å². The van der Waals surface area contributed by atoms with Gasteiger partial charge in [-0.05, 0) is 0 Å². The van der Waals surface area contributed by atoms with Crippen LogP contribution in [0.25, 0.3) is 0 Å². The molecule has 0 aromatic heterocycles. The number of carbonyl (C=O) groups excluding carboxylic acids is 3. The van der Waals surface area contributed by atoms with Crippen LogP contribution in [0.15, 0.2) is 0 Å². The summed E-state index contributed by atoms with van der Waals surface area (Å²) in [6, 6.07) is 0. The van der Waals surface area contributed by atoms with Crippen molar-refractivity contribution in [3.8, 4) is 0 Å². The first kappa shape index (κ1) is 14.4. The molecule has 0 saturated carbocycles. The quantitative estimate of drug-likeness (QED) is 0.478. The lowest BCUT2D eigenvalue weighted by atomic mass is 9.92. The summed E-state index contributed by atoms with van der Waals surface area (Å²) in [4.78, 5) is 33.5. The minimum absolute atomic E-state index is 0.453. The van der Waals surface area contributed by atoms with Gasteiger partial charge in [-0.25, -0.2) is 0 Å². The Morgan fingerprint density at radius 3 is 1.56 bits per heavy atom. The second kappa shape index (κ2) is 6.06. The van der Waals surface area contributed by atoms with Crippen molar-refractivity contribution in [2.45, 2.75) is 18.4 Å². The van der Waals surface area contributed by atoms with Crippen molar-refractivity contribution in [3.63, 3.8) is 0 Å². The van der Waals surface area contributed by atoms with Gasteiger partial charge in [-0.1, -0.05) is 0 Å². The van der Waals surface area contributed by atoms with Crippen LogP contribution in [-0.2, 0) is 28.6 Å². The van der Waals surface area contributed by atoms with Crippen LogP contribution < -0.4 is 5.73 Å². The van der Waals surface area contributed by atoms with E-state index in [0.29, 0.717) is 0 Å². The molecule has 7 nitrogen and oxygen atoms in total. The third-order valence-electron chi connectivity index (χ3n) is 1.97. The van der Waals surface area contributed by atoms with Gasteiger partial charge in [0.2, 0.25) is 0 Å². The topological polar surface area (TPSA) is 105 Å². The highest BCUT2D eigenvalue weighted by molar-refractivity contribution is 5.91. The number of ether oxygens (including phenoxy) is 3. The number of nitrogens with two attached hydrogens (primary N) is 1. The zero-order chi connectivity index (χ0) is 12.8. The maximum Gasteiger partial charge on any atom is 0.327 e. The monoisotopic (exact) mass is 233 g/mol. The molecule has 0 unspecified atom stereocenters. The van der Waals surface area contributed by atoms with Crippen LogP contribution in [0.1, 0.15) is 12.8 Å². The summed E-state index contributed by atoms with van der Waals surface area (Å²) < 4.78 is 13.2. The van der Waals surface area contributed by atoms with Crippen molar-refractivity contribution in [2.75, 3.05) is 21.3 Å². The molecule has 0 spiro atoms. The van der Waals surface area contributed by atoms with Crippen LogP contribution in [0.5, 0.6) is 0 Å². The van der Waals surface area contributed by atoms with Crippen LogP contribution in [0.4, 0.5) is 0 Å². The fourth-order valence-electron chi connectivity index (χ4n) is 1.07. The fourth-order valence-corrected chi connectivity index (χ4v) is 1.07. The Morgan fingerprint density at radius 1 is 0.938 bits per heavy atom. The highest BCUT2D eigenvalue weighted by atomic mass is 16.5. The van der Waals surface area contributed by atoms with E-state index in [0.717, 1.165) is 21.3 Å². The summed E-state index contributed by atoms with van der Waals surface area (Å²) in [6.45, 7) is 0. The highest BCUT2D eigenvalue weighted by Crippen LogP contribution is 2.16. The third kappa shape index (κ3) is 3.85. The fraction of sp³-hybridized carbons (Fsp3) is 0.667. The maximum absolute atomic E-state index is 11.4. The minimum atomic E-state index is -1.76. The number of hydrogen-bond donors (Lipinski definition) is 1. The van der Waals surface area contributed by atoms with Gasteiger partial charge in [0.05, 0.1) is 34.2 Å². The Morgan fingerprint density at radius 2 is 1.31 bits per heavy atom. The lowest BCUT2D eigenvalue weighted by molar-refractivity contribution is -0.157. The second-order valence-electron chi connectivity index (χ2n) is 3.15. The standard InChI is InChI=1S/C9H15NO6/c1-14-6(11)4-9(10,8(13)16-3)5-7(12)15-2/h4-5,10H2,1-3H3. The van der Waals surface area contributed by atoms with Crippen molar-refractivity contribution in [1.82, 2.24) is 0 Å². The average molecular weight is 233 g/mol. The highest BCUT2D eigenvalue weighted by Gasteiger charge is 2.40. The predicted molar refractivity (Wildman–Crippen MR) is 52.2 cm³/mol. The Balaban J connectivity index is 4.81. The zero-order valence-corrected chi connectivity index (χ0v) is 9.44. The summed E-state index contributed by atoms with van der Waals surface area (Å²) in [5, 5.41) is 0. The van der Waals surface area contributed by atoms with E-state index in [2.05, 4.69) is 14.2 Å². The molecule has 0 rings (SSSR count). The number of rotatable bonds is 5. The summed E-state index contributed by atoms with van der Waals surface area (Å²) in [6.07, 6.45) is -0.906. The molecule has 0 aliphatic carbocycles. The van der Waals surface area contributed by atoms with Gasteiger partial charge in [0.25, 0.3) is 0 Å². The van der Waals surface area contributed by atoms with E-state index in [1.807, 2.05) is 0 Å². The molecule has 0 amide bonds. The van der Waals surface area contributed by atoms with Crippen molar-refractivity contribution < 1.29 is 28.6 Å². The van der Waals surface area contributed by atoms with Crippen molar-refractivity contribution in [3.05, 3.63) is 0 Å². The molecule has 0 aliphatic heterocycles. The molecular formula is C9H15NO6. The molecule has 16 heavy (non-hydrogen) atoms. The summed E-state index contributed by atoms with van der Waals surface area (Å²) in [5.74, 6) is -2.29. The maximum atomic E-state index is 11.4. The Kier molecular flexibility index (Phi) is 5.44.